The van der Waals surface area contributed by atoms with Gasteiger partial charge in [0.25, 0.3) is 0 Å². The number of nitrogens with two attached hydrogens (primary N) is 1. The van der Waals surface area contributed by atoms with Crippen molar-refractivity contribution in [3.63, 3.8) is 0 Å². The Labute approximate surface area is 64.2 Å². The van der Waals surface area contributed by atoms with E-state index in [-0.39, 0.29) is 11.5 Å². The first-order chi connectivity index (χ1) is 4.48. The second-order valence-electron chi connectivity index (χ2n) is 3.78. The van der Waals surface area contributed by atoms with Crippen LogP contribution >= 0.6 is 0 Å². The van der Waals surface area contributed by atoms with Gasteiger partial charge >= 0.3 is 0 Å². The van der Waals surface area contributed by atoms with Crippen LogP contribution in [0.4, 0.5) is 0 Å². The lowest BCUT2D eigenvalue weighted by Gasteiger charge is -2.26. The zero-order valence-electron chi connectivity index (χ0n) is 7.57. The number of rotatable bonds is 3. The summed E-state index contributed by atoms with van der Waals surface area (Å²) in [5.41, 5.74) is 6.10. The summed E-state index contributed by atoms with van der Waals surface area (Å²) in [6.45, 7) is 10.5. The summed E-state index contributed by atoms with van der Waals surface area (Å²) in [6, 6.07) is 0.257. The van der Waals surface area contributed by atoms with Crippen LogP contribution in [-0.2, 0) is 0 Å². The predicted molar refractivity (Wildman–Crippen MR) is 46.0 cm³/mol. The van der Waals surface area contributed by atoms with Gasteiger partial charge in [0, 0.05) is 12.6 Å². The first-order valence-corrected chi connectivity index (χ1v) is 3.94. The lowest BCUT2D eigenvalue weighted by molar-refractivity contribution is 0.311. The van der Waals surface area contributed by atoms with Crippen molar-refractivity contribution in [3.05, 3.63) is 0 Å². The Balaban J connectivity index is 3.52. The molecule has 62 valence electrons. The number of nitrogens with one attached hydrogen (secondary N) is 1. The van der Waals surface area contributed by atoms with E-state index >= 15 is 0 Å². The third-order valence-electron chi connectivity index (χ3n) is 1.73. The van der Waals surface area contributed by atoms with Gasteiger partial charge in [-0.2, -0.15) is 0 Å². The van der Waals surface area contributed by atoms with Gasteiger partial charge in [0.05, 0.1) is 0 Å². The van der Waals surface area contributed by atoms with Gasteiger partial charge in [-0.1, -0.05) is 27.7 Å². The van der Waals surface area contributed by atoms with Gasteiger partial charge in [0.1, 0.15) is 0 Å². The van der Waals surface area contributed by atoms with Crippen molar-refractivity contribution < 1.29 is 0 Å². The normalized spacial score (nSPS) is 15.3. The Bertz CT molecular complexity index is 83.7. The maximum atomic E-state index is 5.87. The molecule has 0 aliphatic carbocycles. The molecular formula is C8H20N2. The van der Waals surface area contributed by atoms with E-state index in [1.165, 1.54) is 0 Å². The van der Waals surface area contributed by atoms with Crippen LogP contribution in [0.2, 0.25) is 0 Å². The molecule has 1 atom stereocenters. The van der Waals surface area contributed by atoms with E-state index in [9.17, 15) is 0 Å². The fraction of sp³-hybridized carbons (Fsp3) is 1.00. The molecule has 0 unspecified atom stereocenters. The SMILES string of the molecule is CCNC[C@H](N)C(C)(C)C. The summed E-state index contributed by atoms with van der Waals surface area (Å²) in [6.07, 6.45) is 0. The molecule has 10 heavy (non-hydrogen) atoms. The summed E-state index contributed by atoms with van der Waals surface area (Å²) in [5, 5.41) is 3.23. The van der Waals surface area contributed by atoms with Crippen molar-refractivity contribution >= 4 is 0 Å². The molecule has 0 bridgehead atoms. The molecule has 0 heterocycles. The minimum absolute atomic E-state index is 0.224. The molecule has 0 fully saturated rings. The highest BCUT2D eigenvalue weighted by molar-refractivity contribution is 4.78. The second-order valence-corrected chi connectivity index (χ2v) is 3.78. The van der Waals surface area contributed by atoms with E-state index in [4.69, 9.17) is 5.73 Å². The minimum atomic E-state index is 0.224. The van der Waals surface area contributed by atoms with E-state index in [2.05, 4.69) is 33.0 Å². The molecule has 0 aromatic rings. The molecule has 0 saturated carbocycles. The molecule has 0 saturated heterocycles. The highest BCUT2D eigenvalue weighted by Gasteiger charge is 2.19. The summed E-state index contributed by atoms with van der Waals surface area (Å²) in [4.78, 5) is 0. The summed E-state index contributed by atoms with van der Waals surface area (Å²) >= 11 is 0. The van der Waals surface area contributed by atoms with Crippen molar-refractivity contribution in [2.24, 2.45) is 11.1 Å². The molecule has 0 spiro atoms. The predicted octanol–water partition coefficient (Wildman–Crippen LogP) is 0.969. The Morgan fingerprint density at radius 1 is 1.40 bits per heavy atom. The first-order valence-electron chi connectivity index (χ1n) is 3.94. The Morgan fingerprint density at radius 3 is 2.20 bits per heavy atom. The monoisotopic (exact) mass is 144 g/mol. The number of hydrogen-bond donors (Lipinski definition) is 2. The van der Waals surface area contributed by atoms with Gasteiger partial charge in [0.15, 0.2) is 0 Å². The lowest BCUT2D eigenvalue weighted by Crippen LogP contribution is -2.43. The summed E-state index contributed by atoms with van der Waals surface area (Å²) in [5.74, 6) is 0. The van der Waals surface area contributed by atoms with Crippen LogP contribution in [0.3, 0.4) is 0 Å². The van der Waals surface area contributed by atoms with Gasteiger partial charge in [-0.15, -0.1) is 0 Å². The molecule has 0 rings (SSSR count). The maximum absolute atomic E-state index is 5.87. The van der Waals surface area contributed by atoms with Crippen LogP contribution in [0.25, 0.3) is 0 Å². The van der Waals surface area contributed by atoms with Crippen molar-refractivity contribution in [3.8, 4) is 0 Å². The standard InChI is InChI=1S/C8H20N2/c1-5-10-6-7(9)8(2,3)4/h7,10H,5-6,9H2,1-4H3/t7-/m0/s1. The average Bonchev–Trinajstić information content (AvgIpc) is 1.80. The van der Waals surface area contributed by atoms with Crippen molar-refractivity contribution in [1.29, 1.82) is 0 Å². The number of likely N-dealkylation sites (N-methyl/N-ethyl adjacent to an activating group) is 1. The molecule has 0 aromatic heterocycles. The third-order valence-corrected chi connectivity index (χ3v) is 1.73. The highest BCUT2D eigenvalue weighted by atomic mass is 14.9. The van der Waals surface area contributed by atoms with Crippen molar-refractivity contribution in [2.45, 2.75) is 33.7 Å². The zero-order valence-corrected chi connectivity index (χ0v) is 7.57. The molecule has 0 aliphatic rings. The Kier molecular flexibility index (Phi) is 3.91. The minimum Gasteiger partial charge on any atom is -0.326 e. The fourth-order valence-corrected chi connectivity index (χ4v) is 0.606. The van der Waals surface area contributed by atoms with Crippen LogP contribution < -0.4 is 11.1 Å². The quantitative estimate of drug-likeness (QED) is 0.619. The largest absolute Gasteiger partial charge is 0.326 e. The van der Waals surface area contributed by atoms with E-state index in [1.807, 2.05) is 0 Å². The van der Waals surface area contributed by atoms with E-state index in [1.54, 1.807) is 0 Å². The fourth-order valence-electron chi connectivity index (χ4n) is 0.606. The van der Waals surface area contributed by atoms with E-state index in [0.29, 0.717) is 0 Å². The van der Waals surface area contributed by atoms with Crippen LogP contribution in [0.1, 0.15) is 27.7 Å². The first kappa shape index (κ1) is 9.92. The van der Waals surface area contributed by atoms with E-state index in [0.717, 1.165) is 13.1 Å². The second kappa shape index (κ2) is 3.94. The maximum Gasteiger partial charge on any atom is 0.0214 e. The molecule has 2 nitrogen and oxygen atoms in total. The number of hydrogen-bond acceptors (Lipinski definition) is 2. The third kappa shape index (κ3) is 3.85. The highest BCUT2D eigenvalue weighted by Crippen LogP contribution is 2.16. The molecule has 0 aliphatic heterocycles. The molecule has 0 amide bonds. The van der Waals surface area contributed by atoms with Crippen LogP contribution in [0, 0.1) is 5.41 Å². The van der Waals surface area contributed by atoms with Crippen LogP contribution in [0.5, 0.6) is 0 Å². The van der Waals surface area contributed by atoms with Crippen LogP contribution in [0.15, 0.2) is 0 Å². The van der Waals surface area contributed by atoms with Crippen molar-refractivity contribution in [2.75, 3.05) is 13.1 Å². The Hall–Kier alpha value is -0.0800. The molecular weight excluding hydrogens is 124 g/mol. The van der Waals surface area contributed by atoms with Crippen LogP contribution in [-0.4, -0.2) is 19.1 Å². The topological polar surface area (TPSA) is 38.0 Å². The molecule has 0 radical (unpaired) electrons. The van der Waals surface area contributed by atoms with Gasteiger partial charge in [0.2, 0.25) is 0 Å². The van der Waals surface area contributed by atoms with Gasteiger partial charge in [-0.25, -0.2) is 0 Å². The van der Waals surface area contributed by atoms with Crippen molar-refractivity contribution in [1.82, 2.24) is 5.32 Å². The average molecular weight is 144 g/mol. The summed E-state index contributed by atoms with van der Waals surface area (Å²) < 4.78 is 0. The molecule has 0 aromatic carbocycles. The Morgan fingerprint density at radius 2 is 1.90 bits per heavy atom. The lowest BCUT2D eigenvalue weighted by atomic mass is 9.87. The van der Waals surface area contributed by atoms with Gasteiger partial charge < -0.3 is 11.1 Å². The zero-order chi connectivity index (χ0) is 8.20. The van der Waals surface area contributed by atoms with Gasteiger partial charge in [-0.05, 0) is 12.0 Å². The van der Waals surface area contributed by atoms with Gasteiger partial charge in [-0.3, -0.25) is 0 Å². The summed E-state index contributed by atoms with van der Waals surface area (Å²) in [7, 11) is 0. The smallest absolute Gasteiger partial charge is 0.0214 e. The molecule has 2 heteroatoms. The van der Waals surface area contributed by atoms with E-state index < -0.39 is 0 Å². The molecule has 3 N–H and O–H groups in total.